The van der Waals surface area contributed by atoms with Crippen LogP contribution in [0.5, 0.6) is 11.5 Å². The maximum atomic E-state index is 12.0. The molecule has 0 fully saturated rings. The summed E-state index contributed by atoms with van der Waals surface area (Å²) in [7, 11) is 1.53. The Bertz CT molecular complexity index is 747. The zero-order valence-corrected chi connectivity index (χ0v) is 15.3. The number of hydrogen-bond acceptors (Lipinski definition) is 5. The molecule has 0 aliphatic heterocycles. The third-order valence-electron chi connectivity index (χ3n) is 3.94. The van der Waals surface area contributed by atoms with Crippen molar-refractivity contribution < 1.29 is 19.1 Å². The second-order valence-electron chi connectivity index (χ2n) is 5.95. The number of aromatic nitrogens is 1. The molecular formula is C20H24N2O4. The standard InChI is InChI=1S/C20H24N2O4/c1-14(17-6-4-10-21-13-17)22-20(24)7-5-11-26-18-9-8-16(15(2)23)12-19(18)25-3/h4,6,8-10,12-14H,5,7,11H2,1-3H3,(H,22,24). The second kappa shape index (κ2) is 9.56. The van der Waals surface area contributed by atoms with E-state index in [1.165, 1.54) is 14.0 Å². The van der Waals surface area contributed by atoms with Crippen molar-refractivity contribution in [1.82, 2.24) is 10.3 Å². The molecular weight excluding hydrogens is 332 g/mol. The molecule has 2 rings (SSSR count). The summed E-state index contributed by atoms with van der Waals surface area (Å²) in [5, 5.41) is 2.94. The maximum Gasteiger partial charge on any atom is 0.220 e. The summed E-state index contributed by atoms with van der Waals surface area (Å²) in [6, 6.07) is 8.74. The lowest BCUT2D eigenvalue weighted by Gasteiger charge is -2.14. The number of nitrogens with one attached hydrogen (secondary N) is 1. The largest absolute Gasteiger partial charge is 0.493 e. The van der Waals surface area contributed by atoms with Gasteiger partial charge in [0.2, 0.25) is 5.91 Å². The van der Waals surface area contributed by atoms with Crippen LogP contribution in [-0.2, 0) is 4.79 Å². The molecule has 0 bridgehead atoms. The molecule has 0 aliphatic carbocycles. The van der Waals surface area contributed by atoms with E-state index in [4.69, 9.17) is 9.47 Å². The molecule has 1 N–H and O–H groups in total. The molecule has 6 heteroatoms. The number of methoxy groups -OCH3 is 1. The van der Waals surface area contributed by atoms with Crippen LogP contribution in [0.25, 0.3) is 0 Å². The van der Waals surface area contributed by atoms with Crippen LogP contribution in [0.2, 0.25) is 0 Å². The Morgan fingerprint density at radius 1 is 1.23 bits per heavy atom. The van der Waals surface area contributed by atoms with Crippen LogP contribution < -0.4 is 14.8 Å². The van der Waals surface area contributed by atoms with Gasteiger partial charge in [0, 0.05) is 24.4 Å². The van der Waals surface area contributed by atoms with E-state index in [2.05, 4.69) is 10.3 Å². The minimum absolute atomic E-state index is 0.0331. The number of nitrogens with zero attached hydrogens (tertiary/aromatic N) is 1. The van der Waals surface area contributed by atoms with Crippen LogP contribution in [-0.4, -0.2) is 30.4 Å². The second-order valence-corrected chi connectivity index (χ2v) is 5.95. The molecule has 26 heavy (non-hydrogen) atoms. The van der Waals surface area contributed by atoms with Crippen molar-refractivity contribution in [3.63, 3.8) is 0 Å². The smallest absolute Gasteiger partial charge is 0.220 e. The van der Waals surface area contributed by atoms with E-state index in [9.17, 15) is 9.59 Å². The Balaban J connectivity index is 1.78. The molecule has 6 nitrogen and oxygen atoms in total. The molecule has 0 saturated carbocycles. The summed E-state index contributed by atoms with van der Waals surface area (Å²) in [6.45, 7) is 3.80. The maximum absolute atomic E-state index is 12.0. The molecule has 1 heterocycles. The Hall–Kier alpha value is -2.89. The Kier molecular flexibility index (Phi) is 7.14. The number of pyridine rings is 1. The number of rotatable bonds is 9. The molecule has 2 aromatic rings. The average Bonchev–Trinajstić information content (AvgIpc) is 2.65. The van der Waals surface area contributed by atoms with Crippen molar-refractivity contribution in [2.75, 3.05) is 13.7 Å². The van der Waals surface area contributed by atoms with Gasteiger partial charge in [-0.15, -0.1) is 0 Å². The lowest BCUT2D eigenvalue weighted by Crippen LogP contribution is -2.26. The average molecular weight is 356 g/mol. The van der Waals surface area contributed by atoms with Crippen LogP contribution in [0.1, 0.15) is 48.7 Å². The van der Waals surface area contributed by atoms with Crippen molar-refractivity contribution >= 4 is 11.7 Å². The minimum atomic E-state index is -0.0867. The molecule has 0 spiro atoms. The first-order chi connectivity index (χ1) is 12.5. The van der Waals surface area contributed by atoms with Gasteiger partial charge < -0.3 is 14.8 Å². The van der Waals surface area contributed by atoms with Crippen LogP contribution in [0.15, 0.2) is 42.7 Å². The fourth-order valence-corrected chi connectivity index (χ4v) is 2.45. The number of benzene rings is 1. The highest BCUT2D eigenvalue weighted by molar-refractivity contribution is 5.94. The van der Waals surface area contributed by atoms with E-state index in [0.29, 0.717) is 36.5 Å². The van der Waals surface area contributed by atoms with Gasteiger partial charge in [-0.1, -0.05) is 6.07 Å². The van der Waals surface area contributed by atoms with Crippen molar-refractivity contribution in [3.05, 3.63) is 53.9 Å². The highest BCUT2D eigenvalue weighted by Crippen LogP contribution is 2.28. The van der Waals surface area contributed by atoms with Crippen molar-refractivity contribution in [1.29, 1.82) is 0 Å². The van der Waals surface area contributed by atoms with E-state index in [1.54, 1.807) is 30.6 Å². The third kappa shape index (κ3) is 5.58. The molecule has 1 unspecified atom stereocenters. The first kappa shape index (κ1) is 19.4. The van der Waals surface area contributed by atoms with Gasteiger partial charge in [-0.3, -0.25) is 14.6 Å². The molecule has 138 valence electrons. The molecule has 0 saturated heterocycles. The topological polar surface area (TPSA) is 77.5 Å². The highest BCUT2D eigenvalue weighted by Gasteiger charge is 2.11. The van der Waals surface area contributed by atoms with Crippen LogP contribution in [0.4, 0.5) is 0 Å². The quantitative estimate of drug-likeness (QED) is 0.551. The van der Waals surface area contributed by atoms with E-state index in [0.717, 1.165) is 5.56 Å². The van der Waals surface area contributed by atoms with Gasteiger partial charge in [0.25, 0.3) is 0 Å². The zero-order chi connectivity index (χ0) is 18.9. The normalized spacial score (nSPS) is 11.5. The van der Waals surface area contributed by atoms with Gasteiger partial charge in [0.1, 0.15) is 0 Å². The van der Waals surface area contributed by atoms with E-state index in [-0.39, 0.29) is 17.7 Å². The molecule has 1 aromatic heterocycles. The summed E-state index contributed by atoms with van der Waals surface area (Å²) in [5.74, 6) is 0.993. The molecule has 1 amide bonds. The minimum Gasteiger partial charge on any atom is -0.493 e. The van der Waals surface area contributed by atoms with Crippen LogP contribution in [0.3, 0.4) is 0 Å². The first-order valence-electron chi connectivity index (χ1n) is 8.52. The fraction of sp³-hybridized carbons (Fsp3) is 0.350. The number of hydrogen-bond donors (Lipinski definition) is 1. The summed E-state index contributed by atoms with van der Waals surface area (Å²) >= 11 is 0. The van der Waals surface area contributed by atoms with Crippen molar-refractivity contribution in [2.24, 2.45) is 0 Å². The van der Waals surface area contributed by atoms with Gasteiger partial charge in [0.05, 0.1) is 19.8 Å². The SMILES string of the molecule is COc1cc(C(C)=O)ccc1OCCCC(=O)NC(C)c1cccnc1. The molecule has 1 aromatic carbocycles. The van der Waals surface area contributed by atoms with Gasteiger partial charge in [-0.05, 0) is 50.1 Å². The summed E-state index contributed by atoms with van der Waals surface area (Å²) < 4.78 is 10.9. The number of amides is 1. The van der Waals surface area contributed by atoms with E-state index >= 15 is 0 Å². The third-order valence-corrected chi connectivity index (χ3v) is 3.94. The number of Topliss-reactive ketones (excluding diaryl/α,β-unsaturated/α-hetero) is 1. The molecule has 0 radical (unpaired) electrons. The van der Waals surface area contributed by atoms with Crippen LogP contribution >= 0.6 is 0 Å². The number of ketones is 1. The summed E-state index contributed by atoms with van der Waals surface area (Å²) in [5.41, 5.74) is 1.53. The van der Waals surface area contributed by atoms with Crippen molar-refractivity contribution in [3.8, 4) is 11.5 Å². The van der Waals surface area contributed by atoms with Gasteiger partial charge in [0.15, 0.2) is 17.3 Å². The van der Waals surface area contributed by atoms with Gasteiger partial charge in [-0.25, -0.2) is 0 Å². The first-order valence-corrected chi connectivity index (χ1v) is 8.52. The van der Waals surface area contributed by atoms with Gasteiger partial charge in [-0.2, -0.15) is 0 Å². The Morgan fingerprint density at radius 3 is 2.69 bits per heavy atom. The molecule has 1 atom stereocenters. The molecule has 0 aliphatic rings. The predicted molar refractivity (Wildman–Crippen MR) is 98.5 cm³/mol. The number of ether oxygens (including phenoxy) is 2. The summed E-state index contributed by atoms with van der Waals surface area (Å²) in [6.07, 6.45) is 4.37. The van der Waals surface area contributed by atoms with E-state index < -0.39 is 0 Å². The van der Waals surface area contributed by atoms with Crippen LogP contribution in [0, 0.1) is 0 Å². The van der Waals surface area contributed by atoms with E-state index in [1.807, 2.05) is 19.1 Å². The summed E-state index contributed by atoms with van der Waals surface area (Å²) in [4.78, 5) is 27.5. The predicted octanol–water partition coefficient (Wildman–Crippen LogP) is 3.33. The van der Waals surface area contributed by atoms with Gasteiger partial charge >= 0.3 is 0 Å². The Labute approximate surface area is 153 Å². The lowest BCUT2D eigenvalue weighted by molar-refractivity contribution is -0.121. The van der Waals surface area contributed by atoms with Crippen molar-refractivity contribution in [2.45, 2.75) is 32.7 Å². The lowest BCUT2D eigenvalue weighted by atomic mass is 10.1. The monoisotopic (exact) mass is 356 g/mol. The zero-order valence-electron chi connectivity index (χ0n) is 15.3. The number of carbonyl (C=O) groups is 2. The Morgan fingerprint density at radius 2 is 2.04 bits per heavy atom. The fourth-order valence-electron chi connectivity index (χ4n) is 2.45. The number of carbonyl (C=O) groups excluding carboxylic acids is 2. The highest BCUT2D eigenvalue weighted by atomic mass is 16.5.